The van der Waals surface area contributed by atoms with E-state index in [0.29, 0.717) is 11.3 Å². The molecule has 0 amide bonds. The van der Waals surface area contributed by atoms with Crippen LogP contribution < -0.4 is 5.30 Å². The molecule has 0 aliphatic rings. The van der Waals surface area contributed by atoms with E-state index in [1.165, 1.54) is 5.30 Å². The van der Waals surface area contributed by atoms with E-state index in [9.17, 15) is 0 Å². The van der Waals surface area contributed by atoms with Crippen molar-refractivity contribution in [2.45, 2.75) is 39.0 Å². The van der Waals surface area contributed by atoms with Gasteiger partial charge in [0.15, 0.2) is 0 Å². The van der Waals surface area contributed by atoms with Crippen LogP contribution in [0.3, 0.4) is 0 Å². The Morgan fingerprint density at radius 1 is 0.739 bits per heavy atom. The van der Waals surface area contributed by atoms with Gasteiger partial charge in [-0.25, -0.2) is 0 Å². The van der Waals surface area contributed by atoms with Crippen LogP contribution in [0.1, 0.15) is 27.7 Å². The Hall–Kier alpha value is -0.811. The molecule has 23 heavy (non-hydrogen) atoms. The van der Waals surface area contributed by atoms with E-state index in [4.69, 9.17) is 5.32 Å². The quantitative estimate of drug-likeness (QED) is 0.317. The Morgan fingerprint density at radius 3 is 1.74 bits per heavy atom. The predicted octanol–water partition coefficient (Wildman–Crippen LogP) is 6.58. The van der Waals surface area contributed by atoms with Crippen LogP contribution in [0.25, 0.3) is 5.32 Å². The summed E-state index contributed by atoms with van der Waals surface area (Å²) in [6, 6.07) is 18.9. The number of nitrogens with zero attached hydrogens (tertiary/aromatic N) is 1. The van der Waals surface area contributed by atoms with Gasteiger partial charge in [-0.15, -0.1) is 5.69 Å². The number of rotatable bonds is 5. The van der Waals surface area contributed by atoms with Crippen molar-refractivity contribution in [2.24, 2.45) is 0 Å². The van der Waals surface area contributed by atoms with Crippen LogP contribution in [-0.4, -0.2) is 11.3 Å². The molecule has 133 valence electrons. The van der Waals surface area contributed by atoms with E-state index in [2.05, 4.69) is 64.1 Å². The number of benzene rings is 2. The van der Waals surface area contributed by atoms with E-state index < -0.39 is 7.92 Å². The topological polar surface area (TPSA) is 14.1 Å². The SMILES string of the molecule is CC(C)[PH+](c1ccccc1[N-]c1ccccc1)C(C)C.[CH3-].[CH3-].[Cu]. The van der Waals surface area contributed by atoms with E-state index in [-0.39, 0.29) is 31.9 Å². The molecular weight excluding hydrogens is 349 g/mol. The zero-order valence-electron chi connectivity index (χ0n) is 15.1. The molecule has 1 radical (unpaired) electrons. The predicted molar refractivity (Wildman–Crippen MR) is 107 cm³/mol. The Bertz CT molecular complexity index is 532. The van der Waals surface area contributed by atoms with Gasteiger partial charge in [-0.2, -0.15) is 0 Å². The molecule has 0 saturated heterocycles. The van der Waals surface area contributed by atoms with Crippen LogP contribution >= 0.6 is 7.92 Å². The van der Waals surface area contributed by atoms with Gasteiger partial charge in [-0.1, -0.05) is 54.2 Å². The third kappa shape index (κ3) is 6.68. The molecule has 0 aromatic heterocycles. The van der Waals surface area contributed by atoms with Crippen LogP contribution in [0.4, 0.5) is 11.4 Å². The smallest absolute Gasteiger partial charge is 0.0774 e. The Balaban J connectivity index is 0. The van der Waals surface area contributed by atoms with Crippen molar-refractivity contribution in [3.05, 3.63) is 74.8 Å². The summed E-state index contributed by atoms with van der Waals surface area (Å²) in [4.78, 5) is 0. The Labute approximate surface area is 155 Å². The number of hydrogen-bond donors (Lipinski definition) is 0. The second kappa shape index (κ2) is 11.7. The number of hydrogen-bond acceptors (Lipinski definition) is 0. The summed E-state index contributed by atoms with van der Waals surface area (Å²) < 4.78 is 0. The van der Waals surface area contributed by atoms with Crippen molar-refractivity contribution in [2.75, 3.05) is 0 Å². The van der Waals surface area contributed by atoms with Crippen LogP contribution in [0.2, 0.25) is 0 Å². The Morgan fingerprint density at radius 2 is 1.22 bits per heavy atom. The van der Waals surface area contributed by atoms with Crippen molar-refractivity contribution >= 4 is 24.6 Å². The molecule has 0 atom stereocenters. The van der Waals surface area contributed by atoms with Crippen LogP contribution in [0, 0.1) is 14.9 Å². The second-order valence-corrected chi connectivity index (χ2v) is 9.49. The standard InChI is InChI=1S/C18H23NP.2CH3.Cu/c1-14(2)20(15(3)4)18-13-9-8-12-17(18)19-16-10-6-5-7-11-16;;;/h5-15H,1-4H3;2*1H3;/q3*-1;/p+1. The molecule has 0 bridgehead atoms. The fourth-order valence-corrected chi connectivity index (χ4v) is 6.05. The first-order chi connectivity index (χ1) is 9.59. The van der Waals surface area contributed by atoms with Gasteiger partial charge in [0, 0.05) is 25.0 Å². The summed E-state index contributed by atoms with van der Waals surface area (Å²) in [5, 5.41) is 6.32. The van der Waals surface area contributed by atoms with Gasteiger partial charge >= 0.3 is 0 Å². The van der Waals surface area contributed by atoms with Crippen molar-refractivity contribution < 1.29 is 17.1 Å². The third-order valence-corrected chi connectivity index (χ3v) is 7.00. The first-order valence-corrected chi connectivity index (χ1v) is 8.98. The van der Waals surface area contributed by atoms with Crippen LogP contribution in [0.5, 0.6) is 0 Å². The third-order valence-electron chi connectivity index (χ3n) is 3.46. The maximum atomic E-state index is 4.85. The molecule has 2 aromatic rings. The van der Waals surface area contributed by atoms with Crippen molar-refractivity contribution in [3.8, 4) is 0 Å². The summed E-state index contributed by atoms with van der Waals surface area (Å²) in [6.45, 7) is 9.36. The van der Waals surface area contributed by atoms with E-state index >= 15 is 0 Å². The average Bonchev–Trinajstić information content (AvgIpc) is 2.41. The monoisotopic (exact) mass is 378 g/mol. The molecular formula is C20H30CuNP-2. The van der Waals surface area contributed by atoms with Gasteiger partial charge < -0.3 is 20.2 Å². The van der Waals surface area contributed by atoms with Gasteiger partial charge in [0.25, 0.3) is 0 Å². The summed E-state index contributed by atoms with van der Waals surface area (Å²) >= 11 is 0. The second-order valence-electron chi connectivity index (χ2n) is 5.73. The van der Waals surface area contributed by atoms with Crippen molar-refractivity contribution in [1.29, 1.82) is 0 Å². The minimum Gasteiger partial charge on any atom is -0.655 e. The molecule has 0 aliphatic carbocycles. The molecule has 3 heteroatoms. The molecule has 0 unspecified atom stereocenters. The first kappa shape index (κ1) is 24.4. The van der Waals surface area contributed by atoms with Gasteiger partial charge in [0.2, 0.25) is 0 Å². The molecule has 0 aliphatic heterocycles. The summed E-state index contributed by atoms with van der Waals surface area (Å²) in [5.41, 5.74) is 3.61. The molecule has 0 fully saturated rings. The minimum atomic E-state index is -0.599. The summed E-state index contributed by atoms with van der Waals surface area (Å²) in [5.74, 6) is 0. The number of para-hydroxylation sites is 2. The molecule has 2 aromatic carbocycles. The molecule has 0 heterocycles. The fraction of sp³-hybridized carbons (Fsp3) is 0.300. The molecule has 0 spiro atoms. The normalized spacial score (nSPS) is 9.87. The van der Waals surface area contributed by atoms with Crippen molar-refractivity contribution in [3.63, 3.8) is 0 Å². The van der Waals surface area contributed by atoms with Gasteiger partial charge in [0.05, 0.1) is 16.6 Å². The van der Waals surface area contributed by atoms with Crippen LogP contribution in [0.15, 0.2) is 54.6 Å². The summed E-state index contributed by atoms with van der Waals surface area (Å²) in [6.07, 6.45) is 0. The Kier molecular flexibility index (Phi) is 12.4. The van der Waals surface area contributed by atoms with E-state index in [0.717, 1.165) is 11.4 Å². The van der Waals surface area contributed by atoms with Gasteiger partial charge in [-0.3, -0.25) is 0 Å². The summed E-state index contributed by atoms with van der Waals surface area (Å²) in [7, 11) is -0.599. The molecule has 2 rings (SSSR count). The zero-order chi connectivity index (χ0) is 14.5. The largest absolute Gasteiger partial charge is 0.655 e. The molecule has 0 saturated carbocycles. The van der Waals surface area contributed by atoms with E-state index in [1.807, 2.05) is 18.2 Å². The van der Waals surface area contributed by atoms with E-state index in [1.54, 1.807) is 0 Å². The van der Waals surface area contributed by atoms with Crippen molar-refractivity contribution in [1.82, 2.24) is 0 Å². The van der Waals surface area contributed by atoms with Gasteiger partial charge in [-0.05, 0) is 33.8 Å². The van der Waals surface area contributed by atoms with Crippen LogP contribution in [-0.2, 0) is 17.1 Å². The average molecular weight is 379 g/mol. The maximum Gasteiger partial charge on any atom is 0.0774 e. The maximum absolute atomic E-state index is 4.85. The fourth-order valence-electron chi connectivity index (χ4n) is 2.75. The first-order valence-electron chi connectivity index (χ1n) is 7.32. The molecule has 0 N–H and O–H groups in total. The van der Waals surface area contributed by atoms with Gasteiger partial charge in [0.1, 0.15) is 0 Å². The minimum absolute atomic E-state index is 0. The zero-order valence-corrected chi connectivity index (χ0v) is 17.0. The molecule has 1 nitrogen and oxygen atoms in total.